The summed E-state index contributed by atoms with van der Waals surface area (Å²) in [5.41, 5.74) is 5.55. The van der Waals surface area contributed by atoms with Crippen LogP contribution in [0.4, 0.5) is 4.79 Å². The largest absolute Gasteiger partial charge is 0.351 e. The van der Waals surface area contributed by atoms with Crippen molar-refractivity contribution in [1.82, 2.24) is 24.5 Å². The number of aryl methyl sites for hydroxylation is 1. The number of rotatable bonds is 6. The standard InChI is InChI=1S/C17H20N6O3S/c1-3-4-9-22-14(25)11-7-5-6-8-12(11)23-16(22)20-21-17(23)27-10(2)13(24)19-15(18)26/h5-8,10H,3-4,9H2,1-2H3,(H3,18,19,24,26)/t10-/m0/s1. The van der Waals surface area contributed by atoms with E-state index >= 15 is 0 Å². The molecule has 0 unspecified atom stereocenters. The number of thioether (sulfide) groups is 1. The van der Waals surface area contributed by atoms with Crippen LogP contribution in [0.25, 0.3) is 16.7 Å². The van der Waals surface area contributed by atoms with Gasteiger partial charge in [0.05, 0.1) is 16.2 Å². The zero-order valence-electron chi connectivity index (χ0n) is 15.0. The van der Waals surface area contributed by atoms with Crippen LogP contribution in [0.3, 0.4) is 0 Å². The number of nitrogens with two attached hydrogens (primary N) is 1. The van der Waals surface area contributed by atoms with E-state index in [1.807, 2.05) is 19.1 Å². The van der Waals surface area contributed by atoms with Crippen molar-refractivity contribution in [3.8, 4) is 0 Å². The second-order valence-electron chi connectivity index (χ2n) is 6.06. The minimum absolute atomic E-state index is 0.116. The molecule has 10 heteroatoms. The molecule has 3 aromatic rings. The maximum atomic E-state index is 12.9. The van der Waals surface area contributed by atoms with Gasteiger partial charge in [-0.3, -0.25) is 23.9 Å². The molecule has 9 nitrogen and oxygen atoms in total. The topological polar surface area (TPSA) is 124 Å². The summed E-state index contributed by atoms with van der Waals surface area (Å²) in [4.78, 5) is 35.8. The SMILES string of the molecule is CCCCn1c(=O)c2ccccc2n2c(S[C@@H](C)C(=O)NC(N)=O)nnc12. The Morgan fingerprint density at radius 3 is 2.74 bits per heavy atom. The Bertz CT molecular complexity index is 1070. The highest BCUT2D eigenvalue weighted by Crippen LogP contribution is 2.25. The number of imide groups is 1. The first-order valence-electron chi connectivity index (χ1n) is 8.57. The number of aromatic nitrogens is 4. The lowest BCUT2D eigenvalue weighted by Gasteiger charge is -2.12. The predicted octanol–water partition coefficient (Wildman–Crippen LogP) is 1.52. The van der Waals surface area contributed by atoms with Gasteiger partial charge in [-0.05, 0) is 25.5 Å². The molecule has 3 rings (SSSR count). The lowest BCUT2D eigenvalue weighted by atomic mass is 10.2. The van der Waals surface area contributed by atoms with Crippen LogP contribution in [0.2, 0.25) is 0 Å². The summed E-state index contributed by atoms with van der Waals surface area (Å²) in [6, 6.07) is 6.30. The minimum atomic E-state index is -0.905. The monoisotopic (exact) mass is 388 g/mol. The molecule has 3 N–H and O–H groups in total. The highest BCUT2D eigenvalue weighted by atomic mass is 32.2. The van der Waals surface area contributed by atoms with Crippen molar-refractivity contribution >= 4 is 40.4 Å². The van der Waals surface area contributed by atoms with Crippen molar-refractivity contribution in [3.63, 3.8) is 0 Å². The Morgan fingerprint density at radius 2 is 2.04 bits per heavy atom. The number of hydrogen-bond donors (Lipinski definition) is 2. The highest BCUT2D eigenvalue weighted by molar-refractivity contribution is 8.00. The van der Waals surface area contributed by atoms with Gasteiger partial charge < -0.3 is 5.73 Å². The fraction of sp³-hybridized carbons (Fsp3) is 0.353. The fourth-order valence-corrected chi connectivity index (χ4v) is 3.62. The zero-order chi connectivity index (χ0) is 19.6. The van der Waals surface area contributed by atoms with E-state index in [-0.39, 0.29) is 5.56 Å². The molecule has 0 radical (unpaired) electrons. The first kappa shape index (κ1) is 18.9. The van der Waals surface area contributed by atoms with Gasteiger partial charge in [-0.2, -0.15) is 0 Å². The van der Waals surface area contributed by atoms with Gasteiger partial charge in [0, 0.05) is 6.54 Å². The first-order valence-corrected chi connectivity index (χ1v) is 9.45. The van der Waals surface area contributed by atoms with Crippen LogP contribution >= 0.6 is 11.8 Å². The van der Waals surface area contributed by atoms with Gasteiger partial charge in [0.25, 0.3) is 5.56 Å². The lowest BCUT2D eigenvalue weighted by molar-refractivity contribution is -0.119. The van der Waals surface area contributed by atoms with E-state index in [2.05, 4.69) is 15.5 Å². The first-order chi connectivity index (χ1) is 12.9. The Morgan fingerprint density at radius 1 is 1.30 bits per heavy atom. The molecule has 142 valence electrons. The zero-order valence-corrected chi connectivity index (χ0v) is 15.8. The summed E-state index contributed by atoms with van der Waals surface area (Å²) in [5, 5.41) is 10.8. The molecule has 1 atom stereocenters. The summed E-state index contributed by atoms with van der Waals surface area (Å²) < 4.78 is 3.38. The molecule has 0 spiro atoms. The predicted molar refractivity (Wildman–Crippen MR) is 103 cm³/mol. The summed E-state index contributed by atoms with van der Waals surface area (Å²) in [5.74, 6) is -0.0926. The van der Waals surface area contributed by atoms with Gasteiger partial charge in [0.15, 0.2) is 5.16 Å². The molecule has 2 heterocycles. The number of nitrogens with one attached hydrogen (secondary N) is 1. The Balaban J connectivity index is 2.13. The summed E-state index contributed by atoms with van der Waals surface area (Å²) in [7, 11) is 0. The van der Waals surface area contributed by atoms with E-state index in [0.717, 1.165) is 24.6 Å². The maximum Gasteiger partial charge on any atom is 0.318 e. The van der Waals surface area contributed by atoms with Crippen LogP contribution in [0, 0.1) is 0 Å². The smallest absolute Gasteiger partial charge is 0.318 e. The summed E-state index contributed by atoms with van der Waals surface area (Å²) in [6.45, 7) is 4.22. The van der Waals surface area contributed by atoms with Crippen LogP contribution in [0.15, 0.2) is 34.2 Å². The third-order valence-electron chi connectivity index (χ3n) is 4.11. The summed E-state index contributed by atoms with van der Waals surface area (Å²) >= 11 is 1.14. The number of unbranched alkanes of at least 4 members (excludes halogenated alkanes) is 1. The van der Waals surface area contributed by atoms with Gasteiger partial charge in [-0.15, -0.1) is 10.2 Å². The van der Waals surface area contributed by atoms with E-state index < -0.39 is 17.2 Å². The average molecular weight is 388 g/mol. The number of nitrogens with zero attached hydrogens (tertiary/aromatic N) is 4. The molecule has 1 aromatic carbocycles. The quantitative estimate of drug-likeness (QED) is 0.617. The van der Waals surface area contributed by atoms with E-state index in [9.17, 15) is 14.4 Å². The number of benzene rings is 1. The molecule has 0 bridgehead atoms. The lowest BCUT2D eigenvalue weighted by Crippen LogP contribution is -2.39. The minimum Gasteiger partial charge on any atom is -0.351 e. The average Bonchev–Trinajstić information content (AvgIpc) is 3.04. The Hall–Kier alpha value is -2.88. The van der Waals surface area contributed by atoms with E-state index in [4.69, 9.17) is 5.73 Å². The highest BCUT2D eigenvalue weighted by Gasteiger charge is 2.22. The number of primary amides is 1. The van der Waals surface area contributed by atoms with Crippen molar-refractivity contribution in [1.29, 1.82) is 0 Å². The molecule has 0 aliphatic heterocycles. The van der Waals surface area contributed by atoms with Crippen LogP contribution in [-0.4, -0.2) is 36.4 Å². The molecule has 0 fully saturated rings. The van der Waals surface area contributed by atoms with E-state index in [0.29, 0.717) is 28.4 Å². The van der Waals surface area contributed by atoms with Gasteiger partial charge in [0.2, 0.25) is 11.7 Å². The second-order valence-corrected chi connectivity index (χ2v) is 7.37. The molecule has 0 aliphatic carbocycles. The molecule has 0 aliphatic rings. The van der Waals surface area contributed by atoms with Gasteiger partial charge in [-0.25, -0.2) is 4.79 Å². The number of amides is 3. The number of para-hydroxylation sites is 1. The summed E-state index contributed by atoms with van der Waals surface area (Å²) in [6.07, 6.45) is 1.77. The van der Waals surface area contributed by atoms with Crippen LogP contribution < -0.4 is 16.6 Å². The van der Waals surface area contributed by atoms with Crippen molar-refractivity contribution in [2.75, 3.05) is 0 Å². The fourth-order valence-electron chi connectivity index (χ4n) is 2.76. The van der Waals surface area contributed by atoms with Crippen molar-refractivity contribution < 1.29 is 9.59 Å². The normalized spacial score (nSPS) is 12.4. The van der Waals surface area contributed by atoms with E-state index in [1.54, 1.807) is 28.0 Å². The Kier molecular flexibility index (Phi) is 5.45. The van der Waals surface area contributed by atoms with E-state index in [1.165, 1.54) is 0 Å². The number of carbonyl (C=O) groups excluding carboxylic acids is 2. The van der Waals surface area contributed by atoms with Gasteiger partial charge in [-0.1, -0.05) is 37.2 Å². The van der Waals surface area contributed by atoms with Crippen molar-refractivity contribution in [2.24, 2.45) is 5.73 Å². The molecule has 2 aromatic heterocycles. The third kappa shape index (κ3) is 3.65. The molecule has 0 saturated carbocycles. The van der Waals surface area contributed by atoms with Crippen molar-refractivity contribution in [3.05, 3.63) is 34.6 Å². The van der Waals surface area contributed by atoms with Crippen molar-refractivity contribution in [2.45, 2.75) is 43.6 Å². The maximum absolute atomic E-state index is 12.9. The van der Waals surface area contributed by atoms with Crippen LogP contribution in [0.5, 0.6) is 0 Å². The second kappa shape index (κ2) is 7.78. The van der Waals surface area contributed by atoms with Crippen LogP contribution in [0.1, 0.15) is 26.7 Å². The number of fused-ring (bicyclic) bond motifs is 3. The number of urea groups is 1. The number of hydrogen-bond acceptors (Lipinski definition) is 6. The van der Waals surface area contributed by atoms with Gasteiger partial charge in [0.1, 0.15) is 0 Å². The van der Waals surface area contributed by atoms with Crippen LogP contribution in [-0.2, 0) is 11.3 Å². The molecular formula is C17H20N6O3S. The van der Waals surface area contributed by atoms with Gasteiger partial charge >= 0.3 is 6.03 Å². The molecular weight excluding hydrogens is 368 g/mol. The number of carbonyl (C=O) groups is 2. The third-order valence-corrected chi connectivity index (χ3v) is 5.15. The molecule has 27 heavy (non-hydrogen) atoms. The molecule has 0 saturated heterocycles. The molecule has 3 amide bonds. The Labute approximate surface area is 158 Å².